The van der Waals surface area contributed by atoms with Gasteiger partial charge < -0.3 is 10.2 Å². The van der Waals surface area contributed by atoms with Crippen LogP contribution in [-0.2, 0) is 6.54 Å². The monoisotopic (exact) mass is 355 g/mol. The highest BCUT2D eigenvalue weighted by atomic mass is 35.5. The summed E-state index contributed by atoms with van der Waals surface area (Å²) in [5, 5.41) is 14.3. The second-order valence-electron chi connectivity index (χ2n) is 4.45. The molecule has 0 saturated carbocycles. The molecule has 0 atom stereocenters. The number of non-ortho nitro benzene ring substituents is 1. The minimum absolute atomic E-state index is 0.0528. The van der Waals surface area contributed by atoms with Crippen molar-refractivity contribution in [1.82, 2.24) is 4.90 Å². The Morgan fingerprint density at radius 1 is 1.36 bits per heavy atom. The quantitative estimate of drug-likeness (QED) is 0.485. The fourth-order valence-electron chi connectivity index (χ4n) is 1.82. The van der Waals surface area contributed by atoms with Crippen LogP contribution < -0.4 is 5.32 Å². The highest BCUT2D eigenvalue weighted by molar-refractivity contribution is 7.80. The van der Waals surface area contributed by atoms with Crippen molar-refractivity contribution < 1.29 is 4.92 Å². The van der Waals surface area contributed by atoms with Gasteiger partial charge in [0, 0.05) is 29.2 Å². The van der Waals surface area contributed by atoms with Crippen molar-refractivity contribution in [3.05, 3.63) is 55.7 Å². The van der Waals surface area contributed by atoms with E-state index in [1.807, 2.05) is 24.0 Å². The average Bonchev–Trinajstić information content (AvgIpc) is 2.90. The Kier molecular flexibility index (Phi) is 5.70. The summed E-state index contributed by atoms with van der Waals surface area (Å²) in [4.78, 5) is 13.3. The van der Waals surface area contributed by atoms with Crippen molar-refractivity contribution >= 4 is 51.6 Å². The van der Waals surface area contributed by atoms with E-state index in [1.165, 1.54) is 23.5 Å². The van der Waals surface area contributed by atoms with Crippen molar-refractivity contribution in [1.29, 1.82) is 0 Å². The molecule has 2 rings (SSSR count). The number of anilines is 1. The SMILES string of the molecule is CCN(Cc1ccc(Cl)s1)C(=S)Nc1ccc([N+](=O)[O-])cc1. The van der Waals surface area contributed by atoms with E-state index in [1.54, 1.807) is 12.1 Å². The van der Waals surface area contributed by atoms with Crippen molar-refractivity contribution in [3.63, 3.8) is 0 Å². The van der Waals surface area contributed by atoms with Crippen LogP contribution in [0.1, 0.15) is 11.8 Å². The maximum Gasteiger partial charge on any atom is 0.269 e. The van der Waals surface area contributed by atoms with Gasteiger partial charge in [-0.2, -0.15) is 0 Å². The molecule has 0 aliphatic rings. The molecule has 0 amide bonds. The molecule has 1 aromatic carbocycles. The zero-order valence-corrected chi connectivity index (χ0v) is 14.2. The van der Waals surface area contributed by atoms with Gasteiger partial charge in [-0.1, -0.05) is 11.6 Å². The van der Waals surface area contributed by atoms with Crippen LogP contribution in [0.4, 0.5) is 11.4 Å². The Morgan fingerprint density at radius 2 is 2.05 bits per heavy atom. The predicted octanol–water partition coefficient (Wildman–Crippen LogP) is 4.53. The highest BCUT2D eigenvalue weighted by Gasteiger charge is 2.11. The fourth-order valence-corrected chi connectivity index (χ4v) is 3.24. The van der Waals surface area contributed by atoms with Gasteiger partial charge in [0.1, 0.15) is 0 Å². The lowest BCUT2D eigenvalue weighted by molar-refractivity contribution is -0.384. The summed E-state index contributed by atoms with van der Waals surface area (Å²) in [6.07, 6.45) is 0. The number of thiophene rings is 1. The van der Waals surface area contributed by atoms with Crippen LogP contribution in [0, 0.1) is 10.1 Å². The maximum absolute atomic E-state index is 10.6. The molecule has 2 aromatic rings. The molecule has 0 aliphatic heterocycles. The first-order chi connectivity index (χ1) is 10.5. The van der Waals surface area contributed by atoms with Gasteiger partial charge in [0.25, 0.3) is 5.69 Å². The Bertz CT molecular complexity index is 673. The lowest BCUT2D eigenvalue weighted by atomic mass is 10.3. The first kappa shape index (κ1) is 16.7. The summed E-state index contributed by atoms with van der Waals surface area (Å²) in [6.45, 7) is 3.43. The number of hydrogen-bond acceptors (Lipinski definition) is 4. The van der Waals surface area contributed by atoms with E-state index >= 15 is 0 Å². The molecule has 0 radical (unpaired) electrons. The molecule has 0 spiro atoms. The highest BCUT2D eigenvalue weighted by Crippen LogP contribution is 2.23. The van der Waals surface area contributed by atoms with Crippen LogP contribution in [0.15, 0.2) is 36.4 Å². The number of nitro benzene ring substituents is 1. The molecule has 0 bridgehead atoms. The number of rotatable bonds is 5. The first-order valence-corrected chi connectivity index (χ1v) is 8.14. The van der Waals surface area contributed by atoms with E-state index in [4.69, 9.17) is 23.8 Å². The standard InChI is InChI=1S/C14H14ClN3O2S2/c1-2-17(9-12-7-8-13(15)22-12)14(21)16-10-3-5-11(6-4-10)18(19)20/h3-8H,2,9H2,1H3,(H,16,21). The van der Waals surface area contributed by atoms with Crippen molar-refractivity contribution in [2.24, 2.45) is 0 Å². The van der Waals surface area contributed by atoms with Gasteiger partial charge in [0.15, 0.2) is 5.11 Å². The molecule has 116 valence electrons. The number of halogens is 1. The molecule has 5 nitrogen and oxygen atoms in total. The molecule has 0 unspecified atom stereocenters. The normalized spacial score (nSPS) is 10.3. The molecule has 0 fully saturated rings. The molecule has 1 aromatic heterocycles. The van der Waals surface area contributed by atoms with E-state index in [-0.39, 0.29) is 5.69 Å². The van der Waals surface area contributed by atoms with Crippen LogP contribution in [0.5, 0.6) is 0 Å². The summed E-state index contributed by atoms with van der Waals surface area (Å²) in [7, 11) is 0. The Balaban J connectivity index is 2.00. The van der Waals surface area contributed by atoms with Gasteiger partial charge in [-0.05, 0) is 43.4 Å². The Morgan fingerprint density at radius 3 is 2.55 bits per heavy atom. The van der Waals surface area contributed by atoms with Crippen LogP contribution in [0.2, 0.25) is 4.34 Å². The molecular weight excluding hydrogens is 342 g/mol. The minimum Gasteiger partial charge on any atom is -0.344 e. The van der Waals surface area contributed by atoms with E-state index in [0.717, 1.165) is 21.4 Å². The van der Waals surface area contributed by atoms with Crippen LogP contribution in [-0.4, -0.2) is 21.5 Å². The topological polar surface area (TPSA) is 58.4 Å². The van der Waals surface area contributed by atoms with Crippen LogP contribution >= 0.6 is 35.2 Å². The molecule has 1 N–H and O–H groups in total. The number of hydrogen-bond donors (Lipinski definition) is 1. The zero-order chi connectivity index (χ0) is 16.1. The smallest absolute Gasteiger partial charge is 0.269 e. The number of nitrogens with zero attached hydrogens (tertiary/aromatic N) is 2. The second-order valence-corrected chi connectivity index (χ2v) is 6.64. The van der Waals surface area contributed by atoms with Gasteiger partial charge in [0.2, 0.25) is 0 Å². The molecule has 1 heterocycles. The fraction of sp³-hybridized carbons (Fsp3) is 0.214. The maximum atomic E-state index is 10.6. The summed E-state index contributed by atoms with van der Waals surface area (Å²) in [6, 6.07) is 10.0. The third kappa shape index (κ3) is 4.40. The molecule has 0 aliphatic carbocycles. The van der Waals surface area contributed by atoms with Gasteiger partial charge in [0.05, 0.1) is 15.8 Å². The minimum atomic E-state index is -0.430. The van der Waals surface area contributed by atoms with E-state index in [0.29, 0.717) is 11.7 Å². The van der Waals surface area contributed by atoms with E-state index < -0.39 is 4.92 Å². The average molecular weight is 356 g/mol. The van der Waals surface area contributed by atoms with Crippen LogP contribution in [0.25, 0.3) is 0 Å². The number of benzene rings is 1. The first-order valence-electron chi connectivity index (χ1n) is 6.54. The Hall–Kier alpha value is -1.70. The number of thiocarbonyl (C=S) groups is 1. The summed E-state index contributed by atoms with van der Waals surface area (Å²) in [5.74, 6) is 0. The van der Waals surface area contributed by atoms with Crippen LogP contribution in [0.3, 0.4) is 0 Å². The summed E-state index contributed by atoms with van der Waals surface area (Å²) >= 11 is 12.9. The second kappa shape index (κ2) is 7.53. The lowest BCUT2D eigenvalue weighted by Crippen LogP contribution is -2.33. The lowest BCUT2D eigenvalue weighted by Gasteiger charge is -2.23. The van der Waals surface area contributed by atoms with Crippen molar-refractivity contribution in [2.45, 2.75) is 13.5 Å². The summed E-state index contributed by atoms with van der Waals surface area (Å²) in [5.41, 5.74) is 0.773. The van der Waals surface area contributed by atoms with Gasteiger partial charge in [-0.3, -0.25) is 10.1 Å². The van der Waals surface area contributed by atoms with Gasteiger partial charge in [-0.15, -0.1) is 11.3 Å². The molecule has 0 saturated heterocycles. The molecule has 8 heteroatoms. The third-order valence-corrected chi connectivity index (χ3v) is 4.55. The largest absolute Gasteiger partial charge is 0.344 e. The van der Waals surface area contributed by atoms with Crippen molar-refractivity contribution in [3.8, 4) is 0 Å². The Labute approximate surface area is 142 Å². The van der Waals surface area contributed by atoms with E-state index in [2.05, 4.69) is 5.32 Å². The van der Waals surface area contributed by atoms with Gasteiger partial charge in [-0.25, -0.2) is 0 Å². The number of nitrogens with one attached hydrogen (secondary N) is 1. The van der Waals surface area contributed by atoms with E-state index in [9.17, 15) is 10.1 Å². The zero-order valence-electron chi connectivity index (χ0n) is 11.8. The summed E-state index contributed by atoms with van der Waals surface area (Å²) < 4.78 is 0.750. The number of nitro groups is 1. The predicted molar refractivity (Wildman–Crippen MR) is 94.7 cm³/mol. The van der Waals surface area contributed by atoms with Gasteiger partial charge >= 0.3 is 0 Å². The molecule has 22 heavy (non-hydrogen) atoms. The third-order valence-electron chi connectivity index (χ3n) is 2.97. The molecular formula is C14H14ClN3O2S2. The van der Waals surface area contributed by atoms with Crippen molar-refractivity contribution in [2.75, 3.05) is 11.9 Å².